The summed E-state index contributed by atoms with van der Waals surface area (Å²) in [7, 11) is 0. The van der Waals surface area contributed by atoms with E-state index in [9.17, 15) is 4.79 Å². The Labute approximate surface area is 118 Å². The Morgan fingerprint density at radius 1 is 1.20 bits per heavy atom. The van der Waals surface area contributed by atoms with Crippen molar-refractivity contribution in [2.75, 3.05) is 6.54 Å². The first-order valence-corrected chi connectivity index (χ1v) is 7.47. The minimum Gasteiger partial charge on any atom is -0.385 e. The molecule has 2 saturated carbocycles. The molecule has 0 spiro atoms. The molecule has 2 N–H and O–H groups in total. The Hall–Kier alpha value is -1.84. The van der Waals surface area contributed by atoms with Gasteiger partial charge in [0.25, 0.3) is 0 Å². The van der Waals surface area contributed by atoms with E-state index in [-0.39, 0.29) is 12.1 Å². The molecule has 2 fully saturated rings. The van der Waals surface area contributed by atoms with Crippen molar-refractivity contribution in [1.29, 1.82) is 0 Å². The smallest absolute Gasteiger partial charge is 0.346 e. The molecule has 20 heavy (non-hydrogen) atoms. The van der Waals surface area contributed by atoms with Crippen LogP contribution in [-0.4, -0.2) is 23.3 Å². The fourth-order valence-corrected chi connectivity index (χ4v) is 3.02. The molecule has 104 valence electrons. The second-order valence-electron chi connectivity index (χ2n) is 6.26. The normalized spacial score (nSPS) is 26.0. The van der Waals surface area contributed by atoms with Gasteiger partial charge >= 0.3 is 6.03 Å². The van der Waals surface area contributed by atoms with Crippen molar-refractivity contribution < 1.29 is 4.79 Å². The molecule has 4 nitrogen and oxygen atoms in total. The maximum absolute atomic E-state index is 12.0. The van der Waals surface area contributed by atoms with Crippen molar-refractivity contribution in [2.24, 2.45) is 16.6 Å². The second-order valence-corrected chi connectivity index (χ2v) is 6.26. The van der Waals surface area contributed by atoms with Crippen molar-refractivity contribution in [3.05, 3.63) is 35.4 Å². The summed E-state index contributed by atoms with van der Waals surface area (Å²) in [6.45, 7) is 0.793. The molecular formula is C16H19N3O. The van der Waals surface area contributed by atoms with Gasteiger partial charge in [0.05, 0.1) is 0 Å². The van der Waals surface area contributed by atoms with Gasteiger partial charge in [-0.25, -0.2) is 4.79 Å². The van der Waals surface area contributed by atoms with Crippen LogP contribution in [0.3, 0.4) is 0 Å². The SMILES string of the molecule is NC1=NC(=O)N(CC2CC2)C1c1cccc(C2CC2)c1. The number of hydrogen-bond acceptors (Lipinski definition) is 2. The van der Waals surface area contributed by atoms with Gasteiger partial charge in [0, 0.05) is 6.54 Å². The first kappa shape index (κ1) is 11.9. The lowest BCUT2D eigenvalue weighted by Gasteiger charge is -2.24. The molecule has 0 saturated heterocycles. The molecule has 1 aliphatic heterocycles. The zero-order chi connectivity index (χ0) is 13.7. The van der Waals surface area contributed by atoms with Gasteiger partial charge in [-0.3, -0.25) is 0 Å². The number of aliphatic imine (C=N–C) groups is 1. The average molecular weight is 269 g/mol. The van der Waals surface area contributed by atoms with Crippen LogP contribution in [0, 0.1) is 5.92 Å². The van der Waals surface area contributed by atoms with E-state index in [1.54, 1.807) is 0 Å². The highest BCUT2D eigenvalue weighted by Crippen LogP contribution is 2.41. The summed E-state index contributed by atoms with van der Waals surface area (Å²) in [6.07, 6.45) is 5.00. The zero-order valence-corrected chi connectivity index (χ0v) is 11.5. The molecule has 1 aromatic carbocycles. The van der Waals surface area contributed by atoms with Gasteiger partial charge in [0.2, 0.25) is 0 Å². The molecule has 0 bridgehead atoms. The average Bonchev–Trinajstić information content (AvgIpc) is 3.32. The molecule has 1 heterocycles. The third-order valence-corrected chi connectivity index (χ3v) is 4.49. The van der Waals surface area contributed by atoms with Crippen LogP contribution in [0.25, 0.3) is 0 Å². The van der Waals surface area contributed by atoms with Crippen LogP contribution in [0.15, 0.2) is 29.3 Å². The highest BCUT2D eigenvalue weighted by atomic mass is 16.2. The number of benzene rings is 1. The van der Waals surface area contributed by atoms with Crippen LogP contribution >= 0.6 is 0 Å². The van der Waals surface area contributed by atoms with E-state index in [1.807, 2.05) is 4.90 Å². The summed E-state index contributed by atoms with van der Waals surface area (Å²) in [6, 6.07) is 8.21. The summed E-state index contributed by atoms with van der Waals surface area (Å²) in [5, 5.41) is 0. The van der Waals surface area contributed by atoms with E-state index in [2.05, 4.69) is 29.3 Å². The van der Waals surface area contributed by atoms with E-state index in [4.69, 9.17) is 5.73 Å². The molecule has 4 heteroatoms. The van der Waals surface area contributed by atoms with Crippen LogP contribution < -0.4 is 5.73 Å². The topological polar surface area (TPSA) is 58.7 Å². The molecule has 0 aromatic heterocycles. The van der Waals surface area contributed by atoms with Crippen LogP contribution in [0.1, 0.15) is 48.8 Å². The van der Waals surface area contributed by atoms with E-state index >= 15 is 0 Å². The van der Waals surface area contributed by atoms with E-state index in [0.29, 0.717) is 17.7 Å². The second kappa shape index (κ2) is 4.33. The number of urea groups is 1. The Morgan fingerprint density at radius 3 is 2.65 bits per heavy atom. The number of amides is 2. The van der Waals surface area contributed by atoms with Gasteiger partial charge in [-0.2, -0.15) is 4.99 Å². The molecule has 3 aliphatic rings. The molecule has 2 amide bonds. The highest BCUT2D eigenvalue weighted by Gasteiger charge is 2.38. The maximum atomic E-state index is 12.0. The summed E-state index contributed by atoms with van der Waals surface area (Å²) in [5.41, 5.74) is 8.51. The number of hydrogen-bond donors (Lipinski definition) is 1. The van der Waals surface area contributed by atoms with Crippen LogP contribution in [0.4, 0.5) is 4.79 Å². The standard InChI is InChI=1S/C16H19N3O/c17-15-14(19(16(20)18-15)9-10-4-5-10)13-3-1-2-12(8-13)11-6-7-11/h1-3,8,10-11,14H,4-7,9H2,(H2,17,18,20). The maximum Gasteiger partial charge on any atom is 0.346 e. The van der Waals surface area contributed by atoms with Crippen molar-refractivity contribution in [3.8, 4) is 0 Å². The Morgan fingerprint density at radius 2 is 1.95 bits per heavy atom. The molecule has 0 radical (unpaired) electrons. The quantitative estimate of drug-likeness (QED) is 0.913. The lowest BCUT2D eigenvalue weighted by Crippen LogP contribution is -2.34. The lowest BCUT2D eigenvalue weighted by molar-refractivity contribution is 0.204. The Balaban J connectivity index is 1.65. The van der Waals surface area contributed by atoms with Crippen molar-refractivity contribution in [3.63, 3.8) is 0 Å². The van der Waals surface area contributed by atoms with Crippen LogP contribution in [0.5, 0.6) is 0 Å². The highest BCUT2D eigenvalue weighted by molar-refractivity contribution is 6.03. The van der Waals surface area contributed by atoms with Gasteiger partial charge in [-0.1, -0.05) is 24.3 Å². The third kappa shape index (κ3) is 2.09. The number of rotatable bonds is 4. The third-order valence-electron chi connectivity index (χ3n) is 4.49. The molecule has 1 atom stereocenters. The monoisotopic (exact) mass is 269 g/mol. The summed E-state index contributed by atoms with van der Waals surface area (Å²) < 4.78 is 0. The molecular weight excluding hydrogens is 250 g/mol. The first-order chi connectivity index (χ1) is 9.72. The number of nitrogens with zero attached hydrogens (tertiary/aromatic N) is 2. The number of nitrogens with two attached hydrogens (primary N) is 1. The zero-order valence-electron chi connectivity index (χ0n) is 11.5. The Kier molecular flexibility index (Phi) is 2.59. The van der Waals surface area contributed by atoms with Gasteiger partial charge < -0.3 is 10.6 Å². The van der Waals surface area contributed by atoms with E-state index in [0.717, 1.165) is 12.1 Å². The minimum atomic E-state index is -0.170. The van der Waals surface area contributed by atoms with Crippen LogP contribution in [0.2, 0.25) is 0 Å². The fraction of sp³-hybridized carbons (Fsp3) is 0.500. The van der Waals surface area contributed by atoms with E-state index in [1.165, 1.54) is 31.2 Å². The number of amidine groups is 1. The first-order valence-electron chi connectivity index (χ1n) is 7.47. The van der Waals surface area contributed by atoms with Gasteiger partial charge in [0.1, 0.15) is 11.9 Å². The predicted octanol–water partition coefficient (Wildman–Crippen LogP) is 2.81. The molecule has 1 unspecified atom stereocenters. The summed E-state index contributed by atoms with van der Waals surface area (Å²) in [4.78, 5) is 17.8. The van der Waals surface area contributed by atoms with E-state index < -0.39 is 0 Å². The van der Waals surface area contributed by atoms with Gasteiger partial charge in [-0.15, -0.1) is 0 Å². The van der Waals surface area contributed by atoms with Crippen LogP contribution in [-0.2, 0) is 0 Å². The minimum absolute atomic E-state index is 0.151. The molecule has 4 rings (SSSR count). The largest absolute Gasteiger partial charge is 0.385 e. The van der Waals surface area contributed by atoms with Crippen molar-refractivity contribution >= 4 is 11.9 Å². The fourth-order valence-electron chi connectivity index (χ4n) is 3.02. The molecule has 1 aromatic rings. The lowest BCUT2D eigenvalue weighted by atomic mass is 10.0. The summed E-state index contributed by atoms with van der Waals surface area (Å²) >= 11 is 0. The summed E-state index contributed by atoms with van der Waals surface area (Å²) in [5.74, 6) is 1.81. The predicted molar refractivity (Wildman–Crippen MR) is 77.6 cm³/mol. The van der Waals surface area contributed by atoms with Crippen molar-refractivity contribution in [1.82, 2.24) is 4.90 Å². The number of carbonyl (C=O) groups excluding carboxylic acids is 1. The van der Waals surface area contributed by atoms with Gasteiger partial charge in [0.15, 0.2) is 0 Å². The Bertz CT molecular complexity index is 587. The molecule has 2 aliphatic carbocycles. The van der Waals surface area contributed by atoms with Gasteiger partial charge in [-0.05, 0) is 48.6 Å². The number of carbonyl (C=O) groups is 1. The van der Waals surface area contributed by atoms with Crippen molar-refractivity contribution in [2.45, 2.75) is 37.6 Å².